The molecule has 3 N–H and O–H groups in total. The third-order valence-electron chi connectivity index (χ3n) is 2.55. The molecule has 0 aliphatic carbocycles. The highest BCUT2D eigenvalue weighted by atomic mass is 16.5. The molecule has 106 valence electrons. The van der Waals surface area contributed by atoms with Gasteiger partial charge >= 0.3 is 5.97 Å². The Labute approximate surface area is 113 Å². The van der Waals surface area contributed by atoms with Crippen LogP contribution in [-0.4, -0.2) is 42.4 Å². The lowest BCUT2D eigenvalue weighted by atomic mass is 10.2. The van der Waals surface area contributed by atoms with Crippen molar-refractivity contribution in [3.63, 3.8) is 0 Å². The van der Waals surface area contributed by atoms with Crippen molar-refractivity contribution in [2.45, 2.75) is 20.3 Å². The van der Waals surface area contributed by atoms with Gasteiger partial charge in [0.15, 0.2) is 0 Å². The fourth-order valence-electron chi connectivity index (χ4n) is 1.80. The third-order valence-corrected chi connectivity index (χ3v) is 2.55. The Morgan fingerprint density at radius 2 is 2.21 bits per heavy atom. The number of carbonyl (C=O) groups is 1. The summed E-state index contributed by atoms with van der Waals surface area (Å²) in [6, 6.07) is 1.56. The lowest BCUT2D eigenvalue weighted by Gasteiger charge is -2.24. The van der Waals surface area contributed by atoms with Gasteiger partial charge in [-0.3, -0.25) is 0 Å². The molecule has 6 nitrogen and oxygen atoms in total. The van der Waals surface area contributed by atoms with Gasteiger partial charge in [0, 0.05) is 13.1 Å². The summed E-state index contributed by atoms with van der Waals surface area (Å²) in [7, 11) is 0. The highest BCUT2D eigenvalue weighted by Crippen LogP contribution is 2.21. The number of anilines is 2. The smallest absolute Gasteiger partial charge is 0.341 e. The Balaban J connectivity index is 3.12. The maximum atomic E-state index is 11.9. The van der Waals surface area contributed by atoms with Gasteiger partial charge in [-0.05, 0) is 19.4 Å². The van der Waals surface area contributed by atoms with E-state index in [9.17, 15) is 4.79 Å². The molecule has 0 atom stereocenters. The van der Waals surface area contributed by atoms with E-state index >= 15 is 0 Å². The van der Waals surface area contributed by atoms with Gasteiger partial charge in [0.25, 0.3) is 0 Å². The summed E-state index contributed by atoms with van der Waals surface area (Å²) < 4.78 is 5.01. The van der Waals surface area contributed by atoms with Gasteiger partial charge in [-0.2, -0.15) is 0 Å². The van der Waals surface area contributed by atoms with Crippen molar-refractivity contribution >= 4 is 17.5 Å². The molecule has 0 saturated heterocycles. The highest BCUT2D eigenvalue weighted by molar-refractivity contribution is 5.95. The molecule has 0 amide bonds. The molecule has 0 unspecified atom stereocenters. The van der Waals surface area contributed by atoms with Crippen LogP contribution in [-0.2, 0) is 4.74 Å². The lowest BCUT2D eigenvalue weighted by Crippen LogP contribution is -2.30. The molecule has 19 heavy (non-hydrogen) atoms. The number of rotatable bonds is 7. The number of aromatic nitrogens is 1. The first kappa shape index (κ1) is 15.2. The van der Waals surface area contributed by atoms with Gasteiger partial charge in [0.05, 0.1) is 25.1 Å². The first-order chi connectivity index (χ1) is 9.13. The molecule has 1 heterocycles. The van der Waals surface area contributed by atoms with Crippen LogP contribution >= 0.6 is 0 Å². The van der Waals surface area contributed by atoms with Crippen molar-refractivity contribution in [3.05, 3.63) is 17.8 Å². The minimum absolute atomic E-state index is 0.00563. The quantitative estimate of drug-likeness (QED) is 0.718. The van der Waals surface area contributed by atoms with E-state index in [1.54, 1.807) is 13.0 Å². The second kappa shape index (κ2) is 7.58. The van der Waals surface area contributed by atoms with Crippen molar-refractivity contribution in [3.8, 4) is 0 Å². The summed E-state index contributed by atoms with van der Waals surface area (Å²) >= 11 is 0. The fourth-order valence-corrected chi connectivity index (χ4v) is 1.80. The molecule has 0 bridgehead atoms. The maximum Gasteiger partial charge on any atom is 0.341 e. The normalized spacial score (nSPS) is 10.3. The zero-order valence-corrected chi connectivity index (χ0v) is 11.4. The van der Waals surface area contributed by atoms with Gasteiger partial charge in [-0.15, -0.1) is 0 Å². The van der Waals surface area contributed by atoms with E-state index in [4.69, 9.17) is 15.6 Å². The molecule has 1 rings (SSSR count). The lowest BCUT2D eigenvalue weighted by molar-refractivity contribution is 0.0526. The second-order valence-corrected chi connectivity index (χ2v) is 4.07. The topological polar surface area (TPSA) is 88.7 Å². The van der Waals surface area contributed by atoms with Crippen molar-refractivity contribution in [2.75, 3.05) is 36.9 Å². The zero-order valence-electron chi connectivity index (χ0n) is 11.4. The van der Waals surface area contributed by atoms with Crippen molar-refractivity contribution in [1.29, 1.82) is 0 Å². The highest BCUT2D eigenvalue weighted by Gasteiger charge is 2.19. The van der Waals surface area contributed by atoms with Gasteiger partial charge in [0.1, 0.15) is 11.4 Å². The van der Waals surface area contributed by atoms with E-state index in [2.05, 4.69) is 4.98 Å². The minimum Gasteiger partial charge on any atom is -0.462 e. The number of aliphatic hydroxyl groups excluding tert-OH is 1. The summed E-state index contributed by atoms with van der Waals surface area (Å²) in [5.41, 5.74) is 6.42. The largest absolute Gasteiger partial charge is 0.462 e. The van der Waals surface area contributed by atoms with Crippen molar-refractivity contribution in [2.24, 2.45) is 0 Å². The van der Waals surface area contributed by atoms with Crippen molar-refractivity contribution < 1.29 is 14.6 Å². The minimum atomic E-state index is -0.448. The van der Waals surface area contributed by atoms with Crippen LogP contribution in [0.5, 0.6) is 0 Å². The Hall–Kier alpha value is -1.82. The van der Waals surface area contributed by atoms with Crippen LogP contribution in [0.4, 0.5) is 11.5 Å². The molecule has 0 spiro atoms. The number of nitrogens with zero attached hydrogens (tertiary/aromatic N) is 2. The predicted molar refractivity (Wildman–Crippen MR) is 74.2 cm³/mol. The molecule has 0 fully saturated rings. The van der Waals surface area contributed by atoms with E-state index in [1.807, 2.05) is 11.8 Å². The van der Waals surface area contributed by atoms with Crippen LogP contribution in [0.3, 0.4) is 0 Å². The number of nitrogen functional groups attached to an aromatic ring is 1. The Morgan fingerprint density at radius 3 is 2.79 bits per heavy atom. The molecule has 0 radical (unpaired) electrons. The van der Waals surface area contributed by atoms with Crippen LogP contribution in [0, 0.1) is 0 Å². The number of carbonyl (C=O) groups excluding carboxylic acids is 1. The number of ether oxygens (including phenoxy) is 1. The summed E-state index contributed by atoms with van der Waals surface area (Å²) in [6.45, 7) is 5.16. The van der Waals surface area contributed by atoms with Gasteiger partial charge in [-0.25, -0.2) is 9.78 Å². The monoisotopic (exact) mass is 267 g/mol. The zero-order chi connectivity index (χ0) is 14.3. The molecule has 1 aromatic heterocycles. The summed E-state index contributed by atoms with van der Waals surface area (Å²) in [4.78, 5) is 18.0. The SMILES string of the molecule is CCCN(CCO)c1ncc(N)cc1C(=O)OCC. The van der Waals surface area contributed by atoms with E-state index in [1.165, 1.54) is 6.20 Å². The first-order valence-corrected chi connectivity index (χ1v) is 6.42. The van der Waals surface area contributed by atoms with Crippen LogP contribution in [0.25, 0.3) is 0 Å². The van der Waals surface area contributed by atoms with Gasteiger partial charge < -0.3 is 20.5 Å². The first-order valence-electron chi connectivity index (χ1n) is 6.42. The Morgan fingerprint density at radius 1 is 1.47 bits per heavy atom. The van der Waals surface area contributed by atoms with E-state index in [0.29, 0.717) is 36.8 Å². The van der Waals surface area contributed by atoms with Crippen LogP contribution < -0.4 is 10.6 Å². The Bertz CT molecular complexity index is 418. The van der Waals surface area contributed by atoms with E-state index < -0.39 is 5.97 Å². The average molecular weight is 267 g/mol. The predicted octanol–water partition coefficient (Wildman–Crippen LogP) is 1.05. The van der Waals surface area contributed by atoms with E-state index in [-0.39, 0.29) is 6.61 Å². The maximum absolute atomic E-state index is 11.9. The molecule has 0 aliphatic rings. The summed E-state index contributed by atoms with van der Waals surface area (Å²) in [5, 5.41) is 9.10. The summed E-state index contributed by atoms with van der Waals surface area (Å²) in [5.74, 6) is 0.0555. The second-order valence-electron chi connectivity index (χ2n) is 4.07. The van der Waals surface area contributed by atoms with Gasteiger partial charge in [-0.1, -0.05) is 6.92 Å². The molecular weight excluding hydrogens is 246 g/mol. The molecular formula is C13H21N3O3. The molecule has 1 aromatic rings. The number of nitrogens with two attached hydrogens (primary N) is 1. The number of esters is 1. The van der Waals surface area contributed by atoms with E-state index in [0.717, 1.165) is 6.42 Å². The Kier molecular flexibility index (Phi) is 6.08. The molecule has 0 aliphatic heterocycles. The van der Waals surface area contributed by atoms with Crippen LogP contribution in [0.15, 0.2) is 12.3 Å². The van der Waals surface area contributed by atoms with Gasteiger partial charge in [0.2, 0.25) is 0 Å². The fraction of sp³-hybridized carbons (Fsp3) is 0.538. The third kappa shape index (κ3) is 4.10. The number of aliphatic hydroxyl groups is 1. The standard InChI is InChI=1S/C13H21N3O3/c1-3-5-16(6-7-17)12-11(13(18)19-4-2)8-10(14)9-15-12/h8-9,17H,3-7,14H2,1-2H3. The number of hydrogen-bond acceptors (Lipinski definition) is 6. The molecule has 6 heteroatoms. The number of hydrogen-bond donors (Lipinski definition) is 2. The summed E-state index contributed by atoms with van der Waals surface area (Å²) in [6.07, 6.45) is 2.38. The van der Waals surface area contributed by atoms with Crippen LogP contribution in [0.2, 0.25) is 0 Å². The molecule has 0 saturated carbocycles. The van der Waals surface area contributed by atoms with Crippen LogP contribution in [0.1, 0.15) is 30.6 Å². The average Bonchev–Trinajstić information content (AvgIpc) is 2.39. The number of pyridine rings is 1. The van der Waals surface area contributed by atoms with Crippen molar-refractivity contribution in [1.82, 2.24) is 4.98 Å². The molecule has 0 aromatic carbocycles.